The molecule has 1 aromatic heterocycles. The van der Waals surface area contributed by atoms with E-state index in [0.717, 1.165) is 5.56 Å². The lowest BCUT2D eigenvalue weighted by atomic mass is 9.94. The highest BCUT2D eigenvalue weighted by Gasteiger charge is 2.33. The average Bonchev–Trinajstić information content (AvgIpc) is 2.74. The van der Waals surface area contributed by atoms with Crippen molar-refractivity contribution in [1.29, 1.82) is 0 Å². The van der Waals surface area contributed by atoms with Crippen molar-refractivity contribution < 1.29 is 19.1 Å². The quantitative estimate of drug-likeness (QED) is 0.879. The zero-order valence-corrected chi connectivity index (χ0v) is 10.8. The first-order valence-corrected chi connectivity index (χ1v) is 6.11. The van der Waals surface area contributed by atoms with E-state index in [1.54, 1.807) is 13.1 Å². The van der Waals surface area contributed by atoms with Crippen molar-refractivity contribution in [3.05, 3.63) is 23.7 Å². The van der Waals surface area contributed by atoms with E-state index in [1.807, 2.05) is 6.92 Å². The maximum absolute atomic E-state index is 12.1. The SMILES string of the molecule is Cc1ccoc1C(=O)N(C)CC1(O)CCOCC1. The van der Waals surface area contributed by atoms with Crippen molar-refractivity contribution in [3.63, 3.8) is 0 Å². The predicted molar refractivity (Wildman–Crippen MR) is 65.4 cm³/mol. The first kappa shape index (κ1) is 13.1. The van der Waals surface area contributed by atoms with Crippen LogP contribution in [0.1, 0.15) is 29.0 Å². The number of aryl methyl sites for hydroxylation is 1. The number of likely N-dealkylation sites (N-methyl/N-ethyl adjacent to an activating group) is 1. The van der Waals surface area contributed by atoms with Crippen LogP contribution < -0.4 is 0 Å². The number of ether oxygens (including phenoxy) is 1. The molecule has 18 heavy (non-hydrogen) atoms. The molecule has 0 aliphatic carbocycles. The van der Waals surface area contributed by atoms with E-state index in [-0.39, 0.29) is 5.91 Å². The fraction of sp³-hybridized carbons (Fsp3) is 0.615. The summed E-state index contributed by atoms with van der Waals surface area (Å²) < 4.78 is 10.4. The Morgan fingerprint density at radius 2 is 2.17 bits per heavy atom. The predicted octanol–water partition coefficient (Wildman–Crippen LogP) is 1.20. The van der Waals surface area contributed by atoms with Gasteiger partial charge in [0.15, 0.2) is 5.76 Å². The van der Waals surface area contributed by atoms with Crippen LogP contribution in [0.2, 0.25) is 0 Å². The van der Waals surface area contributed by atoms with Gasteiger partial charge in [0.2, 0.25) is 0 Å². The van der Waals surface area contributed by atoms with Crippen LogP contribution >= 0.6 is 0 Å². The van der Waals surface area contributed by atoms with Crippen LogP contribution in [0.15, 0.2) is 16.7 Å². The number of amides is 1. The van der Waals surface area contributed by atoms with E-state index in [2.05, 4.69) is 0 Å². The maximum atomic E-state index is 12.1. The van der Waals surface area contributed by atoms with Gasteiger partial charge in [-0.1, -0.05) is 0 Å². The van der Waals surface area contributed by atoms with Crippen molar-refractivity contribution >= 4 is 5.91 Å². The molecule has 0 aromatic carbocycles. The third-order valence-corrected chi connectivity index (χ3v) is 3.36. The lowest BCUT2D eigenvalue weighted by Gasteiger charge is -2.35. The molecule has 0 radical (unpaired) electrons. The molecule has 5 nitrogen and oxygen atoms in total. The fourth-order valence-corrected chi connectivity index (χ4v) is 2.19. The number of rotatable bonds is 3. The van der Waals surface area contributed by atoms with Gasteiger partial charge in [-0.25, -0.2) is 0 Å². The van der Waals surface area contributed by atoms with E-state index in [0.29, 0.717) is 38.4 Å². The van der Waals surface area contributed by atoms with Crippen LogP contribution in [0.5, 0.6) is 0 Å². The third-order valence-electron chi connectivity index (χ3n) is 3.36. The summed E-state index contributed by atoms with van der Waals surface area (Å²) in [6.45, 7) is 3.21. The summed E-state index contributed by atoms with van der Waals surface area (Å²) in [6.07, 6.45) is 2.61. The standard InChI is InChI=1S/C13H19NO4/c1-10-3-6-18-11(10)12(15)14(2)9-13(16)4-7-17-8-5-13/h3,6,16H,4-5,7-9H2,1-2H3. The number of furan rings is 1. The summed E-state index contributed by atoms with van der Waals surface area (Å²) in [6, 6.07) is 1.75. The number of carbonyl (C=O) groups excluding carboxylic acids is 1. The van der Waals surface area contributed by atoms with E-state index in [9.17, 15) is 9.90 Å². The van der Waals surface area contributed by atoms with Crippen LogP contribution in [0.25, 0.3) is 0 Å². The van der Waals surface area contributed by atoms with Gasteiger partial charge in [-0.15, -0.1) is 0 Å². The number of carbonyl (C=O) groups is 1. The average molecular weight is 253 g/mol. The zero-order chi connectivity index (χ0) is 13.2. The van der Waals surface area contributed by atoms with Crippen molar-refractivity contribution in [2.75, 3.05) is 26.8 Å². The topological polar surface area (TPSA) is 62.9 Å². The molecule has 0 saturated carbocycles. The molecule has 1 aromatic rings. The summed E-state index contributed by atoms with van der Waals surface area (Å²) in [4.78, 5) is 13.6. The highest BCUT2D eigenvalue weighted by atomic mass is 16.5. The molecule has 100 valence electrons. The van der Waals surface area contributed by atoms with Gasteiger partial charge in [0, 0.05) is 45.2 Å². The molecule has 0 spiro atoms. The Labute approximate surface area is 106 Å². The molecule has 2 heterocycles. The number of hydrogen-bond donors (Lipinski definition) is 1. The summed E-state index contributed by atoms with van der Waals surface area (Å²) >= 11 is 0. The van der Waals surface area contributed by atoms with Gasteiger partial charge in [0.1, 0.15) is 0 Å². The zero-order valence-electron chi connectivity index (χ0n) is 10.8. The fourth-order valence-electron chi connectivity index (χ4n) is 2.19. The summed E-state index contributed by atoms with van der Waals surface area (Å²) in [5, 5.41) is 10.4. The van der Waals surface area contributed by atoms with Crippen molar-refractivity contribution in [2.24, 2.45) is 0 Å². The van der Waals surface area contributed by atoms with Crippen LogP contribution in [0, 0.1) is 6.92 Å². The minimum atomic E-state index is -0.844. The molecule has 0 bridgehead atoms. The van der Waals surface area contributed by atoms with Gasteiger partial charge < -0.3 is 19.2 Å². The molecule has 1 N–H and O–H groups in total. The second-order valence-electron chi connectivity index (χ2n) is 4.93. The first-order valence-electron chi connectivity index (χ1n) is 6.11. The van der Waals surface area contributed by atoms with Gasteiger partial charge in [-0.3, -0.25) is 4.79 Å². The molecule has 0 atom stereocenters. The summed E-state index contributed by atoms with van der Waals surface area (Å²) in [7, 11) is 1.68. The lowest BCUT2D eigenvalue weighted by molar-refractivity contribution is -0.0736. The van der Waals surface area contributed by atoms with E-state index in [4.69, 9.17) is 9.15 Å². The van der Waals surface area contributed by atoms with Gasteiger partial charge in [0.25, 0.3) is 5.91 Å². The lowest BCUT2D eigenvalue weighted by Crippen LogP contribution is -2.47. The first-order chi connectivity index (χ1) is 8.52. The van der Waals surface area contributed by atoms with Crippen LogP contribution in [0.4, 0.5) is 0 Å². The van der Waals surface area contributed by atoms with E-state index in [1.165, 1.54) is 11.2 Å². The molecule has 1 saturated heterocycles. The third kappa shape index (κ3) is 2.73. The Morgan fingerprint density at radius 1 is 1.50 bits per heavy atom. The molecular formula is C13H19NO4. The number of aliphatic hydroxyl groups is 1. The smallest absolute Gasteiger partial charge is 0.289 e. The maximum Gasteiger partial charge on any atom is 0.289 e. The van der Waals surface area contributed by atoms with Crippen LogP contribution in [0.3, 0.4) is 0 Å². The molecule has 2 rings (SSSR count). The van der Waals surface area contributed by atoms with Gasteiger partial charge in [-0.05, 0) is 13.0 Å². The summed E-state index contributed by atoms with van der Waals surface area (Å²) in [5.41, 5.74) is -0.0331. The Balaban J connectivity index is 2.01. The van der Waals surface area contributed by atoms with Gasteiger partial charge in [0.05, 0.1) is 11.9 Å². The Kier molecular flexibility index (Phi) is 3.73. The monoisotopic (exact) mass is 253 g/mol. The van der Waals surface area contributed by atoms with Crippen molar-refractivity contribution in [1.82, 2.24) is 4.90 Å². The molecule has 0 unspecified atom stereocenters. The molecular weight excluding hydrogens is 234 g/mol. The number of nitrogens with zero attached hydrogens (tertiary/aromatic N) is 1. The van der Waals surface area contributed by atoms with Crippen LogP contribution in [-0.4, -0.2) is 48.3 Å². The van der Waals surface area contributed by atoms with Gasteiger partial charge in [-0.2, -0.15) is 0 Å². The van der Waals surface area contributed by atoms with Crippen LogP contribution in [-0.2, 0) is 4.74 Å². The minimum absolute atomic E-state index is 0.197. The highest BCUT2D eigenvalue weighted by molar-refractivity contribution is 5.92. The van der Waals surface area contributed by atoms with E-state index < -0.39 is 5.60 Å². The number of hydrogen-bond acceptors (Lipinski definition) is 4. The molecule has 1 aliphatic heterocycles. The molecule has 5 heteroatoms. The van der Waals surface area contributed by atoms with Gasteiger partial charge >= 0.3 is 0 Å². The molecule has 1 fully saturated rings. The second kappa shape index (κ2) is 5.12. The normalized spacial score (nSPS) is 18.6. The molecule has 1 aliphatic rings. The Hall–Kier alpha value is -1.33. The Bertz CT molecular complexity index is 420. The van der Waals surface area contributed by atoms with Crippen molar-refractivity contribution in [2.45, 2.75) is 25.4 Å². The minimum Gasteiger partial charge on any atom is -0.459 e. The Morgan fingerprint density at radius 3 is 2.72 bits per heavy atom. The largest absolute Gasteiger partial charge is 0.459 e. The van der Waals surface area contributed by atoms with Crippen molar-refractivity contribution in [3.8, 4) is 0 Å². The second-order valence-corrected chi connectivity index (χ2v) is 4.93. The molecule has 1 amide bonds. The highest BCUT2D eigenvalue weighted by Crippen LogP contribution is 2.22. The summed E-state index contributed by atoms with van der Waals surface area (Å²) in [5.74, 6) is 0.144. The van der Waals surface area contributed by atoms with E-state index >= 15 is 0 Å².